The van der Waals surface area contributed by atoms with Crippen molar-refractivity contribution in [2.75, 3.05) is 7.05 Å². The van der Waals surface area contributed by atoms with Crippen LogP contribution < -0.4 is 5.32 Å². The summed E-state index contributed by atoms with van der Waals surface area (Å²) in [5.74, 6) is 0. The minimum atomic E-state index is 0.0856. The van der Waals surface area contributed by atoms with Gasteiger partial charge in [-0.3, -0.25) is 0 Å². The Balaban J connectivity index is 2.31. The van der Waals surface area contributed by atoms with Crippen LogP contribution in [0.4, 0.5) is 0 Å². The molecule has 0 saturated heterocycles. The molecule has 0 radical (unpaired) electrons. The molecule has 2 aromatic rings. The molecule has 2 aromatic heterocycles. The minimum absolute atomic E-state index is 0.0856. The summed E-state index contributed by atoms with van der Waals surface area (Å²) < 4.78 is 4.29. The Kier molecular flexibility index (Phi) is 2.81. The maximum Gasteiger partial charge on any atom is 0.115 e. The fraction of sp³-hybridized carbons (Fsp3) is 0.222. The van der Waals surface area contributed by atoms with Gasteiger partial charge in [0.05, 0.1) is 11.7 Å². The van der Waals surface area contributed by atoms with Crippen molar-refractivity contribution in [1.29, 1.82) is 0 Å². The zero-order valence-electron chi connectivity index (χ0n) is 7.71. The molecule has 4 nitrogen and oxygen atoms in total. The highest BCUT2D eigenvalue weighted by molar-refractivity contribution is 7.03. The molecule has 0 amide bonds. The average Bonchev–Trinajstić information content (AvgIpc) is 2.74. The lowest BCUT2D eigenvalue weighted by Gasteiger charge is -2.12. The largest absolute Gasteiger partial charge is 0.308 e. The summed E-state index contributed by atoms with van der Waals surface area (Å²) in [5.41, 5.74) is 2.04. The van der Waals surface area contributed by atoms with Gasteiger partial charge in [-0.15, -0.1) is 0 Å². The molecule has 2 heterocycles. The van der Waals surface area contributed by atoms with E-state index in [4.69, 9.17) is 0 Å². The molecule has 1 N–H and O–H groups in total. The van der Waals surface area contributed by atoms with Crippen molar-refractivity contribution in [2.45, 2.75) is 6.04 Å². The highest BCUT2D eigenvalue weighted by atomic mass is 32.1. The van der Waals surface area contributed by atoms with Crippen LogP contribution in [0.5, 0.6) is 0 Å². The first-order valence-electron chi connectivity index (χ1n) is 4.24. The molecule has 0 saturated carbocycles. The molecule has 0 aromatic carbocycles. The van der Waals surface area contributed by atoms with E-state index in [0.29, 0.717) is 0 Å². The molecule has 5 heteroatoms. The van der Waals surface area contributed by atoms with Gasteiger partial charge in [-0.25, -0.2) is 9.97 Å². The van der Waals surface area contributed by atoms with Crippen molar-refractivity contribution in [2.24, 2.45) is 0 Å². The Bertz CT molecular complexity index is 373. The first-order valence-corrected chi connectivity index (χ1v) is 5.08. The summed E-state index contributed by atoms with van der Waals surface area (Å²) in [6.07, 6.45) is 5.12. The van der Waals surface area contributed by atoms with E-state index in [0.717, 1.165) is 11.3 Å². The second kappa shape index (κ2) is 4.26. The third-order valence-corrected chi connectivity index (χ3v) is 2.53. The molecule has 0 spiro atoms. The molecule has 2 rings (SSSR count). The van der Waals surface area contributed by atoms with Crippen molar-refractivity contribution in [3.05, 3.63) is 41.4 Å². The average molecular weight is 206 g/mol. The molecule has 72 valence electrons. The van der Waals surface area contributed by atoms with Gasteiger partial charge >= 0.3 is 0 Å². The summed E-state index contributed by atoms with van der Waals surface area (Å²) in [4.78, 5) is 7.98. The summed E-state index contributed by atoms with van der Waals surface area (Å²) in [5, 5.41) is 5.15. The van der Waals surface area contributed by atoms with Gasteiger partial charge in [0, 0.05) is 23.3 Å². The van der Waals surface area contributed by atoms with Crippen molar-refractivity contribution in [3.63, 3.8) is 0 Å². The molecule has 1 unspecified atom stereocenters. The van der Waals surface area contributed by atoms with Crippen LogP contribution in [0.3, 0.4) is 0 Å². The maximum atomic E-state index is 4.29. The normalized spacial score (nSPS) is 12.6. The van der Waals surface area contributed by atoms with Crippen LogP contribution in [-0.4, -0.2) is 21.4 Å². The van der Waals surface area contributed by atoms with E-state index in [1.165, 1.54) is 17.9 Å². The van der Waals surface area contributed by atoms with Gasteiger partial charge in [-0.2, -0.15) is 4.37 Å². The lowest BCUT2D eigenvalue weighted by molar-refractivity contribution is 0.672. The van der Waals surface area contributed by atoms with Crippen LogP contribution in [0.2, 0.25) is 0 Å². The number of nitrogens with one attached hydrogen (secondary N) is 1. The second-order valence-electron chi connectivity index (χ2n) is 2.82. The Labute approximate surface area is 86.2 Å². The van der Waals surface area contributed by atoms with Gasteiger partial charge in [-0.1, -0.05) is 0 Å². The first kappa shape index (κ1) is 9.23. The van der Waals surface area contributed by atoms with Gasteiger partial charge in [0.25, 0.3) is 0 Å². The third-order valence-electron chi connectivity index (χ3n) is 1.96. The molecule has 0 aliphatic heterocycles. The quantitative estimate of drug-likeness (QED) is 0.821. The fourth-order valence-electron chi connectivity index (χ4n) is 1.32. The first-order chi connectivity index (χ1) is 6.92. The van der Waals surface area contributed by atoms with Crippen LogP contribution in [-0.2, 0) is 0 Å². The maximum absolute atomic E-state index is 4.29. The van der Waals surface area contributed by atoms with Crippen molar-refractivity contribution in [1.82, 2.24) is 19.7 Å². The Morgan fingerprint density at radius 3 is 2.71 bits per heavy atom. The molecular weight excluding hydrogens is 196 g/mol. The van der Waals surface area contributed by atoms with Crippen molar-refractivity contribution >= 4 is 11.5 Å². The van der Waals surface area contributed by atoms with Gasteiger partial charge in [-0.05, 0) is 24.6 Å². The highest BCUT2D eigenvalue weighted by Crippen LogP contribution is 2.19. The van der Waals surface area contributed by atoms with E-state index in [1.54, 1.807) is 12.4 Å². The van der Waals surface area contributed by atoms with Gasteiger partial charge in [0.2, 0.25) is 0 Å². The van der Waals surface area contributed by atoms with E-state index >= 15 is 0 Å². The van der Waals surface area contributed by atoms with Gasteiger partial charge in [0.1, 0.15) is 6.33 Å². The number of hydrogen-bond donors (Lipinski definition) is 1. The smallest absolute Gasteiger partial charge is 0.115 e. The monoisotopic (exact) mass is 206 g/mol. The second-order valence-corrected chi connectivity index (χ2v) is 3.48. The summed E-state index contributed by atoms with van der Waals surface area (Å²) in [6, 6.07) is 2.08. The molecule has 0 bridgehead atoms. The summed E-state index contributed by atoms with van der Waals surface area (Å²) >= 11 is 1.45. The molecule has 0 aliphatic rings. The minimum Gasteiger partial charge on any atom is -0.308 e. The number of hydrogen-bond acceptors (Lipinski definition) is 5. The predicted octanol–water partition coefficient (Wildman–Crippen LogP) is 1.24. The van der Waals surface area contributed by atoms with Crippen LogP contribution in [0.15, 0.2) is 30.2 Å². The van der Waals surface area contributed by atoms with Crippen LogP contribution >= 0.6 is 11.5 Å². The molecule has 1 atom stereocenters. The van der Waals surface area contributed by atoms with Crippen molar-refractivity contribution in [3.8, 4) is 0 Å². The lowest BCUT2D eigenvalue weighted by Crippen LogP contribution is -2.18. The SMILES string of the molecule is CNC(c1cncnc1)c1ccsn1. The van der Waals surface area contributed by atoms with E-state index in [1.807, 2.05) is 18.5 Å². The van der Waals surface area contributed by atoms with Crippen LogP contribution in [0, 0.1) is 0 Å². The van der Waals surface area contributed by atoms with E-state index in [-0.39, 0.29) is 6.04 Å². The number of nitrogens with zero attached hydrogens (tertiary/aromatic N) is 3. The van der Waals surface area contributed by atoms with Crippen LogP contribution in [0.25, 0.3) is 0 Å². The number of aromatic nitrogens is 3. The third kappa shape index (κ3) is 1.78. The zero-order valence-corrected chi connectivity index (χ0v) is 8.53. The topological polar surface area (TPSA) is 50.7 Å². The predicted molar refractivity (Wildman–Crippen MR) is 55.0 cm³/mol. The van der Waals surface area contributed by atoms with Gasteiger partial charge < -0.3 is 5.32 Å². The highest BCUT2D eigenvalue weighted by Gasteiger charge is 2.13. The van der Waals surface area contributed by atoms with Crippen molar-refractivity contribution < 1.29 is 0 Å². The summed E-state index contributed by atoms with van der Waals surface area (Å²) in [6.45, 7) is 0. The lowest BCUT2D eigenvalue weighted by atomic mass is 10.1. The fourth-order valence-corrected chi connectivity index (χ4v) is 1.86. The molecular formula is C9H10N4S. The Morgan fingerprint density at radius 2 is 2.14 bits per heavy atom. The van der Waals surface area contributed by atoms with E-state index in [2.05, 4.69) is 19.7 Å². The summed E-state index contributed by atoms with van der Waals surface area (Å²) in [7, 11) is 1.90. The van der Waals surface area contributed by atoms with E-state index in [9.17, 15) is 0 Å². The van der Waals surface area contributed by atoms with Gasteiger partial charge in [0.15, 0.2) is 0 Å². The molecule has 14 heavy (non-hydrogen) atoms. The number of rotatable bonds is 3. The van der Waals surface area contributed by atoms with E-state index < -0.39 is 0 Å². The Hall–Kier alpha value is -1.33. The zero-order chi connectivity index (χ0) is 9.80. The molecule has 0 fully saturated rings. The Morgan fingerprint density at radius 1 is 1.36 bits per heavy atom. The van der Waals surface area contributed by atoms with Crippen LogP contribution in [0.1, 0.15) is 17.3 Å². The molecule has 0 aliphatic carbocycles. The standard InChI is InChI=1S/C9H10N4S/c1-10-9(8-2-3-14-13-8)7-4-11-6-12-5-7/h2-6,9-10H,1H3.